The van der Waals surface area contributed by atoms with Crippen LogP contribution >= 0.6 is 22.6 Å². The molecule has 0 amide bonds. The molecule has 86 valence electrons. The average molecular weight is 341 g/mol. The van der Waals surface area contributed by atoms with Crippen molar-refractivity contribution in [3.05, 3.63) is 57.9 Å². The molecule has 0 saturated heterocycles. The molecule has 0 radical (unpaired) electrons. The molecule has 0 aliphatic carbocycles. The molecule has 5 heteroatoms. The van der Waals surface area contributed by atoms with Gasteiger partial charge < -0.3 is 0 Å². The summed E-state index contributed by atoms with van der Waals surface area (Å²) in [5.74, 6) is -0.273. The van der Waals surface area contributed by atoms with Crippen LogP contribution < -0.4 is 5.43 Å². The first kappa shape index (κ1) is 12.0. The summed E-state index contributed by atoms with van der Waals surface area (Å²) in [6.45, 7) is 0. The number of hydrogen-bond acceptors (Lipinski definition) is 2. The highest BCUT2D eigenvalue weighted by Gasteiger charge is 1.95. The maximum Gasteiger partial charge on any atom is 0.123 e. The van der Waals surface area contributed by atoms with Crippen molar-refractivity contribution in [1.82, 2.24) is 0 Å². The van der Waals surface area contributed by atoms with Gasteiger partial charge in [-0.3, -0.25) is 5.43 Å². The van der Waals surface area contributed by atoms with Crippen molar-refractivity contribution in [3.8, 4) is 0 Å². The van der Waals surface area contributed by atoms with E-state index in [9.17, 15) is 4.39 Å². The molecule has 2 aromatic rings. The summed E-state index contributed by atoms with van der Waals surface area (Å²) in [5, 5.41) is 7.89. The molecule has 0 fully saturated rings. The van der Waals surface area contributed by atoms with Gasteiger partial charge in [-0.25, -0.2) is 4.39 Å². The monoisotopic (exact) mass is 341 g/mol. The first-order valence-electron chi connectivity index (χ1n) is 4.92. The van der Waals surface area contributed by atoms with E-state index >= 15 is 0 Å². The number of nitrogens with one attached hydrogen (secondary N) is 1. The van der Waals surface area contributed by atoms with E-state index in [1.165, 1.54) is 12.1 Å². The van der Waals surface area contributed by atoms with Crippen LogP contribution in [0.15, 0.2) is 58.9 Å². The molecular weight excluding hydrogens is 332 g/mol. The van der Waals surface area contributed by atoms with Gasteiger partial charge in [0.2, 0.25) is 0 Å². The van der Waals surface area contributed by atoms with Gasteiger partial charge in [0.1, 0.15) is 11.5 Å². The molecule has 17 heavy (non-hydrogen) atoms. The second-order valence-electron chi connectivity index (χ2n) is 3.27. The zero-order valence-electron chi connectivity index (χ0n) is 8.77. The van der Waals surface area contributed by atoms with Crippen LogP contribution in [-0.4, -0.2) is 0 Å². The molecule has 3 nitrogen and oxygen atoms in total. The number of benzene rings is 2. The second kappa shape index (κ2) is 5.72. The Bertz CT molecular complexity index is 526. The molecule has 0 heterocycles. The van der Waals surface area contributed by atoms with E-state index in [-0.39, 0.29) is 5.82 Å². The van der Waals surface area contributed by atoms with Crippen molar-refractivity contribution < 1.29 is 4.39 Å². The Kier molecular flexibility index (Phi) is 4.03. The Hall–Kier alpha value is -1.50. The Morgan fingerprint density at radius 1 is 1.00 bits per heavy atom. The quantitative estimate of drug-likeness (QED) is 0.497. The SMILES string of the molecule is Fc1ccc(NN=Nc2ccccc2I)cc1. The predicted molar refractivity (Wildman–Crippen MR) is 73.7 cm³/mol. The molecular formula is C12H9FIN3. The molecule has 2 rings (SSSR count). The smallest absolute Gasteiger partial charge is 0.123 e. The zero-order valence-corrected chi connectivity index (χ0v) is 10.9. The summed E-state index contributed by atoms with van der Waals surface area (Å²) in [6, 6.07) is 13.6. The van der Waals surface area contributed by atoms with Crippen LogP contribution in [0.5, 0.6) is 0 Å². The van der Waals surface area contributed by atoms with E-state index in [0.717, 1.165) is 9.26 Å². The van der Waals surface area contributed by atoms with Gasteiger partial charge in [0.15, 0.2) is 0 Å². The van der Waals surface area contributed by atoms with Crippen molar-refractivity contribution in [2.45, 2.75) is 0 Å². The standard InChI is InChI=1S/C12H9FIN3/c13-9-5-7-10(8-6-9)15-17-16-12-4-2-1-3-11(12)14/h1-8H,(H,15,16). The maximum atomic E-state index is 12.6. The summed E-state index contributed by atoms with van der Waals surface area (Å²) < 4.78 is 13.7. The van der Waals surface area contributed by atoms with Crippen LogP contribution in [0.2, 0.25) is 0 Å². The number of hydrogen-bond donors (Lipinski definition) is 1. The van der Waals surface area contributed by atoms with Crippen molar-refractivity contribution in [2.24, 2.45) is 10.3 Å². The lowest BCUT2D eigenvalue weighted by molar-refractivity contribution is 0.628. The lowest BCUT2D eigenvalue weighted by Crippen LogP contribution is -1.86. The fraction of sp³-hybridized carbons (Fsp3) is 0. The number of nitrogens with zero attached hydrogens (tertiary/aromatic N) is 2. The molecule has 0 spiro atoms. The van der Waals surface area contributed by atoms with Crippen molar-refractivity contribution >= 4 is 34.0 Å². The number of halogens is 2. The highest BCUT2D eigenvalue weighted by atomic mass is 127. The predicted octanol–water partition coefficient (Wildman–Crippen LogP) is 4.54. The highest BCUT2D eigenvalue weighted by Crippen LogP contribution is 2.20. The Balaban J connectivity index is 2.03. The average Bonchev–Trinajstić information content (AvgIpc) is 2.34. The topological polar surface area (TPSA) is 36.8 Å². The Morgan fingerprint density at radius 2 is 1.71 bits per heavy atom. The minimum atomic E-state index is -0.273. The summed E-state index contributed by atoms with van der Waals surface area (Å²) in [4.78, 5) is 0. The van der Waals surface area contributed by atoms with Crippen LogP contribution in [0.1, 0.15) is 0 Å². The minimum absolute atomic E-state index is 0.273. The molecule has 0 aliphatic rings. The fourth-order valence-corrected chi connectivity index (χ4v) is 1.69. The molecule has 1 N–H and O–H groups in total. The Labute approximate surface area is 112 Å². The number of rotatable bonds is 3. The summed E-state index contributed by atoms with van der Waals surface area (Å²) in [6.07, 6.45) is 0. The van der Waals surface area contributed by atoms with Crippen LogP contribution in [0.3, 0.4) is 0 Å². The molecule has 0 unspecified atom stereocenters. The first-order chi connectivity index (χ1) is 8.25. The molecule has 0 atom stereocenters. The van der Waals surface area contributed by atoms with Crippen molar-refractivity contribution in [1.29, 1.82) is 0 Å². The van der Waals surface area contributed by atoms with Crippen LogP contribution in [0.25, 0.3) is 0 Å². The summed E-state index contributed by atoms with van der Waals surface area (Å²) >= 11 is 2.19. The van der Waals surface area contributed by atoms with E-state index in [1.807, 2.05) is 24.3 Å². The number of anilines is 1. The third-order valence-corrected chi connectivity index (χ3v) is 2.95. The van der Waals surface area contributed by atoms with E-state index in [1.54, 1.807) is 12.1 Å². The van der Waals surface area contributed by atoms with Gasteiger partial charge in [-0.2, -0.15) is 0 Å². The van der Waals surface area contributed by atoms with E-state index in [0.29, 0.717) is 5.69 Å². The molecule has 2 aromatic carbocycles. The molecule has 0 saturated carbocycles. The van der Waals surface area contributed by atoms with E-state index in [2.05, 4.69) is 38.4 Å². The minimum Gasteiger partial charge on any atom is -0.260 e. The second-order valence-corrected chi connectivity index (χ2v) is 4.43. The normalized spacial score (nSPS) is 10.7. The first-order valence-corrected chi connectivity index (χ1v) is 6.00. The lowest BCUT2D eigenvalue weighted by atomic mass is 10.3. The van der Waals surface area contributed by atoms with E-state index in [4.69, 9.17) is 0 Å². The van der Waals surface area contributed by atoms with Crippen molar-refractivity contribution in [2.75, 3.05) is 5.43 Å². The maximum absolute atomic E-state index is 12.6. The van der Waals surface area contributed by atoms with Gasteiger partial charge in [-0.1, -0.05) is 17.4 Å². The van der Waals surface area contributed by atoms with Gasteiger partial charge in [-0.15, -0.1) is 5.11 Å². The third kappa shape index (κ3) is 3.48. The third-order valence-electron chi connectivity index (χ3n) is 2.03. The molecule has 0 aromatic heterocycles. The Morgan fingerprint density at radius 3 is 2.41 bits per heavy atom. The molecule has 0 aliphatic heterocycles. The summed E-state index contributed by atoms with van der Waals surface area (Å²) in [5.41, 5.74) is 4.23. The summed E-state index contributed by atoms with van der Waals surface area (Å²) in [7, 11) is 0. The van der Waals surface area contributed by atoms with Gasteiger partial charge in [0.05, 0.1) is 5.69 Å². The van der Waals surface area contributed by atoms with Crippen LogP contribution in [-0.2, 0) is 0 Å². The van der Waals surface area contributed by atoms with E-state index < -0.39 is 0 Å². The van der Waals surface area contributed by atoms with Crippen molar-refractivity contribution in [3.63, 3.8) is 0 Å². The zero-order chi connectivity index (χ0) is 12.1. The lowest BCUT2D eigenvalue weighted by Gasteiger charge is -1.99. The van der Waals surface area contributed by atoms with Gasteiger partial charge in [0, 0.05) is 3.57 Å². The van der Waals surface area contributed by atoms with Gasteiger partial charge in [0.25, 0.3) is 0 Å². The largest absolute Gasteiger partial charge is 0.260 e. The highest BCUT2D eigenvalue weighted by molar-refractivity contribution is 14.1. The van der Waals surface area contributed by atoms with Crippen LogP contribution in [0, 0.1) is 9.39 Å². The molecule has 0 bridgehead atoms. The van der Waals surface area contributed by atoms with Gasteiger partial charge in [-0.05, 0) is 59.0 Å². The fourth-order valence-electron chi connectivity index (χ4n) is 1.19. The van der Waals surface area contributed by atoms with Gasteiger partial charge >= 0.3 is 0 Å². The van der Waals surface area contributed by atoms with Crippen LogP contribution in [0.4, 0.5) is 15.8 Å².